The van der Waals surface area contributed by atoms with Crippen LogP contribution in [0.4, 0.5) is 24.5 Å². The molecular formula is C29H28F3N5O6S. The number of benzene rings is 3. The molecular weight excluding hydrogens is 603 g/mol. The van der Waals surface area contributed by atoms with Gasteiger partial charge in [-0.1, -0.05) is 62.4 Å². The summed E-state index contributed by atoms with van der Waals surface area (Å²) in [6.07, 6.45) is -6.57. The van der Waals surface area contributed by atoms with Gasteiger partial charge in [-0.15, -0.1) is 0 Å². The summed E-state index contributed by atoms with van der Waals surface area (Å²) in [4.78, 5) is 42.2. The van der Waals surface area contributed by atoms with Crippen LogP contribution in [0.3, 0.4) is 0 Å². The molecule has 0 bridgehead atoms. The van der Waals surface area contributed by atoms with Gasteiger partial charge in [-0.25, -0.2) is 13.4 Å². The highest BCUT2D eigenvalue weighted by Gasteiger charge is 2.38. The lowest BCUT2D eigenvalue weighted by Gasteiger charge is -2.24. The molecule has 1 aliphatic heterocycles. The van der Waals surface area contributed by atoms with Crippen molar-refractivity contribution in [3.05, 3.63) is 99.6 Å². The van der Waals surface area contributed by atoms with Crippen molar-refractivity contribution in [2.24, 2.45) is 10.9 Å². The molecule has 1 heterocycles. The molecule has 15 heteroatoms. The van der Waals surface area contributed by atoms with E-state index < -0.39 is 61.3 Å². The number of likely N-dealkylation sites (N-methyl/N-ethyl adjacent to an activating group) is 1. The number of halogens is 3. The molecule has 0 spiro atoms. The number of hydrogen-bond donors (Lipinski definition) is 2. The molecule has 3 aromatic rings. The zero-order valence-electron chi connectivity index (χ0n) is 23.7. The highest BCUT2D eigenvalue weighted by Crippen LogP contribution is 2.35. The summed E-state index contributed by atoms with van der Waals surface area (Å²) in [5.74, 6) is -1.89. The molecule has 2 amide bonds. The first-order chi connectivity index (χ1) is 20.6. The Kier molecular flexibility index (Phi) is 9.20. The van der Waals surface area contributed by atoms with E-state index in [0.717, 1.165) is 0 Å². The number of carbonyl (C=O) groups is 2. The first-order valence-electron chi connectivity index (χ1n) is 13.3. The summed E-state index contributed by atoms with van der Waals surface area (Å²) < 4.78 is 68.2. The molecule has 2 N–H and O–H groups in total. The predicted octanol–water partition coefficient (Wildman–Crippen LogP) is 4.26. The summed E-state index contributed by atoms with van der Waals surface area (Å²) in [6, 6.07) is 15.3. The quantitative estimate of drug-likeness (QED) is 0.266. The Balaban J connectivity index is 1.70. The summed E-state index contributed by atoms with van der Waals surface area (Å²) in [5.41, 5.74) is -0.552. The van der Waals surface area contributed by atoms with E-state index in [4.69, 9.17) is 0 Å². The molecule has 0 aromatic heterocycles. The van der Waals surface area contributed by atoms with Crippen LogP contribution in [-0.2, 0) is 25.8 Å². The number of benzodiazepines with no additional fused rings is 1. The number of alkyl halides is 3. The highest BCUT2D eigenvalue weighted by atomic mass is 32.2. The van der Waals surface area contributed by atoms with Gasteiger partial charge in [0.25, 0.3) is 11.6 Å². The standard InChI is InChI=1S/C29H28F3N5O6S/c1-17(2)15-21(35-44(42,43)24-14-13-19(29(30,31)32)16-23(24)37(40)41)27(38)34-26-28(39)36(3)22-12-8-7-11-20(22)25(33-26)18-9-5-4-6-10-18/h4-14,16-17,21,26,35H,15H2,1-3H3,(H,34,38). The maximum atomic E-state index is 13.6. The fourth-order valence-electron chi connectivity index (χ4n) is 4.67. The number of nitrogens with one attached hydrogen (secondary N) is 2. The number of amides is 2. The maximum Gasteiger partial charge on any atom is 0.416 e. The SMILES string of the molecule is CC(C)CC(NS(=O)(=O)c1ccc(C(F)(F)F)cc1[N+](=O)[O-])C(=O)NC1N=C(c2ccccc2)c2ccccc2N(C)C1=O. The van der Waals surface area contributed by atoms with Crippen LogP contribution in [0, 0.1) is 16.0 Å². The molecule has 0 aliphatic carbocycles. The number of nitro groups is 1. The van der Waals surface area contributed by atoms with Crippen molar-refractivity contribution in [3.63, 3.8) is 0 Å². The lowest BCUT2D eigenvalue weighted by molar-refractivity contribution is -0.388. The average molecular weight is 632 g/mol. The average Bonchev–Trinajstić information content (AvgIpc) is 3.06. The molecule has 4 rings (SSSR count). The lowest BCUT2D eigenvalue weighted by Crippen LogP contribution is -2.53. The third-order valence-corrected chi connectivity index (χ3v) is 8.28. The molecule has 0 radical (unpaired) electrons. The second kappa shape index (κ2) is 12.5. The van der Waals surface area contributed by atoms with Gasteiger partial charge in [0.05, 0.1) is 21.9 Å². The number of para-hydroxylation sites is 1. The second-order valence-electron chi connectivity index (χ2n) is 10.4. The molecule has 232 valence electrons. The van der Waals surface area contributed by atoms with Crippen molar-refractivity contribution >= 4 is 38.9 Å². The summed E-state index contributed by atoms with van der Waals surface area (Å²) in [6.45, 7) is 3.37. The van der Waals surface area contributed by atoms with E-state index in [-0.39, 0.29) is 18.4 Å². The Morgan fingerprint density at radius 1 is 1.07 bits per heavy atom. The molecule has 3 aromatic carbocycles. The Labute approximate surface area is 251 Å². The highest BCUT2D eigenvalue weighted by molar-refractivity contribution is 7.89. The monoisotopic (exact) mass is 631 g/mol. The van der Waals surface area contributed by atoms with E-state index >= 15 is 0 Å². The zero-order chi connectivity index (χ0) is 32.4. The summed E-state index contributed by atoms with van der Waals surface area (Å²) in [7, 11) is -3.41. The van der Waals surface area contributed by atoms with Crippen molar-refractivity contribution in [1.82, 2.24) is 10.0 Å². The molecule has 0 saturated heterocycles. The van der Waals surface area contributed by atoms with Gasteiger partial charge in [0.15, 0.2) is 4.90 Å². The van der Waals surface area contributed by atoms with Gasteiger partial charge in [0.1, 0.15) is 6.04 Å². The lowest BCUT2D eigenvalue weighted by atomic mass is 10.0. The molecule has 2 unspecified atom stereocenters. The van der Waals surface area contributed by atoms with Gasteiger partial charge in [-0.3, -0.25) is 19.7 Å². The molecule has 11 nitrogen and oxygen atoms in total. The Morgan fingerprint density at radius 3 is 2.32 bits per heavy atom. The Bertz CT molecular complexity index is 1730. The van der Waals surface area contributed by atoms with Crippen LogP contribution >= 0.6 is 0 Å². The number of fused-ring (bicyclic) bond motifs is 1. The van der Waals surface area contributed by atoms with Crippen LogP contribution in [0.1, 0.15) is 37.0 Å². The van der Waals surface area contributed by atoms with Crippen LogP contribution < -0.4 is 14.9 Å². The number of sulfonamides is 1. The number of rotatable bonds is 9. The molecule has 0 saturated carbocycles. The van der Waals surface area contributed by atoms with Crippen LogP contribution in [0.2, 0.25) is 0 Å². The first-order valence-corrected chi connectivity index (χ1v) is 14.8. The van der Waals surface area contributed by atoms with Gasteiger partial charge in [-0.05, 0) is 30.5 Å². The minimum absolute atomic E-state index is 0.115. The van der Waals surface area contributed by atoms with Crippen LogP contribution in [0.5, 0.6) is 0 Å². The van der Waals surface area contributed by atoms with Gasteiger partial charge < -0.3 is 10.2 Å². The fraction of sp³-hybridized carbons (Fsp3) is 0.276. The predicted molar refractivity (Wildman–Crippen MR) is 156 cm³/mol. The van der Waals surface area contributed by atoms with E-state index in [9.17, 15) is 41.3 Å². The molecule has 2 atom stereocenters. The number of aliphatic imine (C=N–C) groups is 1. The van der Waals surface area contributed by atoms with Gasteiger partial charge in [0.2, 0.25) is 22.1 Å². The van der Waals surface area contributed by atoms with Crippen molar-refractivity contribution in [2.75, 3.05) is 11.9 Å². The maximum absolute atomic E-state index is 13.6. The first kappa shape index (κ1) is 32.3. The van der Waals surface area contributed by atoms with Crippen LogP contribution in [0.15, 0.2) is 82.7 Å². The smallest absolute Gasteiger partial charge is 0.325 e. The minimum Gasteiger partial charge on any atom is -0.325 e. The fourth-order valence-corrected chi connectivity index (χ4v) is 6.03. The third-order valence-electron chi connectivity index (χ3n) is 6.76. The van der Waals surface area contributed by atoms with Gasteiger partial charge >= 0.3 is 6.18 Å². The van der Waals surface area contributed by atoms with E-state index in [1.165, 1.54) is 11.9 Å². The number of nitro benzene ring substituents is 1. The van der Waals surface area contributed by atoms with Gasteiger partial charge in [0, 0.05) is 24.2 Å². The Hall–Kier alpha value is -4.63. The van der Waals surface area contributed by atoms with Crippen molar-refractivity contribution < 1.29 is 36.1 Å². The second-order valence-corrected chi connectivity index (χ2v) is 12.1. The Morgan fingerprint density at radius 2 is 1.70 bits per heavy atom. The number of nitrogens with zero attached hydrogens (tertiary/aromatic N) is 3. The van der Waals surface area contributed by atoms with Crippen LogP contribution in [0.25, 0.3) is 0 Å². The van der Waals surface area contributed by atoms with Crippen molar-refractivity contribution in [1.29, 1.82) is 0 Å². The topological polar surface area (TPSA) is 151 Å². The summed E-state index contributed by atoms with van der Waals surface area (Å²) >= 11 is 0. The van der Waals surface area contributed by atoms with E-state index in [1.54, 1.807) is 68.4 Å². The molecule has 44 heavy (non-hydrogen) atoms. The van der Waals surface area contributed by atoms with Crippen molar-refractivity contribution in [3.8, 4) is 0 Å². The molecule has 0 fully saturated rings. The number of anilines is 1. The molecule has 1 aliphatic rings. The van der Waals surface area contributed by atoms with Crippen LogP contribution in [-0.4, -0.2) is 50.1 Å². The van der Waals surface area contributed by atoms with E-state index in [2.05, 4.69) is 15.0 Å². The van der Waals surface area contributed by atoms with Gasteiger partial charge in [-0.2, -0.15) is 17.9 Å². The number of hydrogen-bond acceptors (Lipinski definition) is 7. The zero-order valence-corrected chi connectivity index (χ0v) is 24.5. The van der Waals surface area contributed by atoms with Crippen molar-refractivity contribution in [2.45, 2.75) is 43.5 Å². The van der Waals surface area contributed by atoms with E-state index in [0.29, 0.717) is 34.7 Å². The number of carbonyl (C=O) groups excluding carboxylic acids is 2. The summed E-state index contributed by atoms with van der Waals surface area (Å²) in [5, 5.41) is 14.1. The largest absolute Gasteiger partial charge is 0.416 e. The normalized spacial score (nSPS) is 16.2. The minimum atomic E-state index is -4.96. The third kappa shape index (κ3) is 6.94. The van der Waals surface area contributed by atoms with E-state index in [1.807, 2.05) is 0 Å².